The van der Waals surface area contributed by atoms with Crippen LogP contribution in [0.1, 0.15) is 83.9 Å². The summed E-state index contributed by atoms with van der Waals surface area (Å²) in [6.45, 7) is 9.56. The normalized spacial score (nSPS) is 14.5. The van der Waals surface area contributed by atoms with E-state index in [0.29, 0.717) is 0 Å². The van der Waals surface area contributed by atoms with Crippen LogP contribution in [0.4, 0.5) is 0 Å². The predicted octanol–water partition coefficient (Wildman–Crippen LogP) is 7.34. The zero-order valence-corrected chi connectivity index (χ0v) is 15.6. The Labute approximate surface area is 137 Å². The largest absolute Gasteiger partial charge is 0.149 e. The van der Waals surface area contributed by atoms with Gasteiger partial charge in [-0.15, -0.1) is 11.3 Å². The predicted molar refractivity (Wildman–Crippen MR) is 98.1 cm³/mol. The van der Waals surface area contributed by atoms with E-state index in [4.69, 9.17) is 0 Å². The molecule has 0 amide bonds. The summed E-state index contributed by atoms with van der Waals surface area (Å²) in [5.74, 6) is 2.72. The second-order valence-corrected chi connectivity index (χ2v) is 8.47. The van der Waals surface area contributed by atoms with E-state index in [0.717, 1.165) is 17.8 Å². The number of aryl methyl sites for hydroxylation is 1. The Morgan fingerprint density at radius 2 is 1.38 bits per heavy atom. The van der Waals surface area contributed by atoms with E-state index in [-0.39, 0.29) is 0 Å². The van der Waals surface area contributed by atoms with Crippen molar-refractivity contribution in [3.8, 4) is 0 Å². The zero-order valence-electron chi connectivity index (χ0n) is 14.7. The smallest absolute Gasteiger partial charge is 0.00452 e. The van der Waals surface area contributed by atoms with Crippen molar-refractivity contribution in [1.29, 1.82) is 0 Å². The monoisotopic (exact) mass is 308 g/mol. The summed E-state index contributed by atoms with van der Waals surface area (Å²) in [6.07, 6.45) is 12.6. The van der Waals surface area contributed by atoms with Gasteiger partial charge >= 0.3 is 0 Å². The van der Waals surface area contributed by atoms with Gasteiger partial charge in [-0.25, -0.2) is 0 Å². The lowest BCUT2D eigenvalue weighted by atomic mass is 9.92. The Hall–Kier alpha value is -0.300. The van der Waals surface area contributed by atoms with Crippen molar-refractivity contribution in [2.75, 3.05) is 0 Å². The van der Waals surface area contributed by atoms with E-state index in [1.54, 1.807) is 4.88 Å². The molecule has 21 heavy (non-hydrogen) atoms. The highest BCUT2D eigenvalue weighted by molar-refractivity contribution is 7.09. The number of rotatable bonds is 12. The van der Waals surface area contributed by atoms with Crippen molar-refractivity contribution in [1.82, 2.24) is 0 Å². The minimum absolute atomic E-state index is 0.876. The summed E-state index contributed by atoms with van der Waals surface area (Å²) in [7, 11) is 0. The molecule has 0 saturated carbocycles. The van der Waals surface area contributed by atoms with Crippen LogP contribution >= 0.6 is 11.3 Å². The second kappa shape index (κ2) is 11.3. The van der Waals surface area contributed by atoms with E-state index < -0.39 is 0 Å². The molecule has 0 nitrogen and oxygen atoms in total. The highest BCUT2D eigenvalue weighted by Crippen LogP contribution is 2.22. The van der Waals surface area contributed by atoms with Crippen molar-refractivity contribution in [3.05, 3.63) is 22.4 Å². The van der Waals surface area contributed by atoms with Crippen LogP contribution in [0.25, 0.3) is 0 Å². The van der Waals surface area contributed by atoms with Crippen LogP contribution in [-0.2, 0) is 6.42 Å². The van der Waals surface area contributed by atoms with Gasteiger partial charge in [0, 0.05) is 4.88 Å². The van der Waals surface area contributed by atoms with Gasteiger partial charge in [0.2, 0.25) is 0 Å². The summed E-state index contributed by atoms with van der Waals surface area (Å²) in [4.78, 5) is 1.56. The Balaban J connectivity index is 1.95. The fourth-order valence-electron chi connectivity index (χ4n) is 3.06. The van der Waals surface area contributed by atoms with Crippen molar-refractivity contribution in [2.45, 2.75) is 85.5 Å². The third-order valence-corrected chi connectivity index (χ3v) is 5.51. The minimum Gasteiger partial charge on any atom is -0.149 e. The third-order valence-electron chi connectivity index (χ3n) is 4.57. The van der Waals surface area contributed by atoms with E-state index in [9.17, 15) is 0 Å². The molecule has 0 aromatic carbocycles. The molecule has 0 N–H and O–H groups in total. The zero-order chi connectivity index (χ0) is 15.5. The lowest BCUT2D eigenvalue weighted by Crippen LogP contribution is -2.00. The maximum absolute atomic E-state index is 2.45. The van der Waals surface area contributed by atoms with Gasteiger partial charge in [0.25, 0.3) is 0 Å². The van der Waals surface area contributed by atoms with Gasteiger partial charge in [-0.2, -0.15) is 0 Å². The maximum atomic E-state index is 2.45. The van der Waals surface area contributed by atoms with Gasteiger partial charge in [-0.3, -0.25) is 0 Å². The summed E-state index contributed by atoms with van der Waals surface area (Å²) < 4.78 is 0. The molecule has 1 heterocycles. The summed E-state index contributed by atoms with van der Waals surface area (Å²) in [5, 5.41) is 2.19. The average Bonchev–Trinajstić information content (AvgIpc) is 2.91. The topological polar surface area (TPSA) is 0 Å². The molecule has 0 aliphatic heterocycles. The molecule has 0 spiro atoms. The van der Waals surface area contributed by atoms with Crippen molar-refractivity contribution in [2.24, 2.45) is 17.8 Å². The Morgan fingerprint density at radius 1 is 0.810 bits per heavy atom. The fraction of sp³-hybridized carbons (Fsp3) is 0.800. The maximum Gasteiger partial charge on any atom is 0.00452 e. The van der Waals surface area contributed by atoms with Crippen molar-refractivity contribution < 1.29 is 0 Å². The lowest BCUT2D eigenvalue weighted by molar-refractivity contribution is 0.389. The van der Waals surface area contributed by atoms with Gasteiger partial charge in [0.05, 0.1) is 0 Å². The van der Waals surface area contributed by atoms with Crippen LogP contribution in [0, 0.1) is 17.8 Å². The molecule has 2 unspecified atom stereocenters. The molecule has 0 fully saturated rings. The minimum atomic E-state index is 0.876. The van der Waals surface area contributed by atoms with Crippen LogP contribution in [0.2, 0.25) is 0 Å². The SMILES string of the molecule is CC(C)CCCC(C)CCCC(C)CCCc1cccs1. The van der Waals surface area contributed by atoms with Crippen LogP contribution in [0.3, 0.4) is 0 Å². The molecule has 1 aromatic rings. The molecule has 122 valence electrons. The summed E-state index contributed by atoms with van der Waals surface area (Å²) in [6, 6.07) is 4.44. The first-order valence-electron chi connectivity index (χ1n) is 9.10. The first-order chi connectivity index (χ1) is 10.1. The van der Waals surface area contributed by atoms with Gasteiger partial charge in [-0.1, -0.05) is 78.7 Å². The summed E-state index contributed by atoms with van der Waals surface area (Å²) >= 11 is 1.91. The molecule has 1 aromatic heterocycles. The van der Waals surface area contributed by atoms with Crippen molar-refractivity contribution in [3.63, 3.8) is 0 Å². The van der Waals surface area contributed by atoms with E-state index in [2.05, 4.69) is 45.2 Å². The first kappa shape index (κ1) is 18.7. The van der Waals surface area contributed by atoms with E-state index in [1.807, 2.05) is 11.3 Å². The summed E-state index contributed by atoms with van der Waals surface area (Å²) in [5.41, 5.74) is 0. The molecule has 2 atom stereocenters. The van der Waals surface area contributed by atoms with E-state index in [1.165, 1.54) is 57.8 Å². The highest BCUT2D eigenvalue weighted by Gasteiger charge is 2.06. The molecule has 0 saturated heterocycles. The van der Waals surface area contributed by atoms with Gasteiger partial charge in [-0.05, 0) is 42.0 Å². The standard InChI is InChI=1S/C20H36S/c1-17(2)9-5-10-18(3)11-6-12-19(4)13-7-14-20-15-8-16-21-20/h8,15-19H,5-7,9-14H2,1-4H3. The highest BCUT2D eigenvalue weighted by atomic mass is 32.1. The molecule has 0 radical (unpaired) electrons. The molecular formula is C20H36S. The Bertz CT molecular complexity index is 326. The Kier molecular flexibility index (Phi) is 10.1. The molecule has 1 heteroatoms. The molecule has 0 aliphatic rings. The van der Waals surface area contributed by atoms with Crippen LogP contribution < -0.4 is 0 Å². The molecular weight excluding hydrogens is 272 g/mol. The fourth-order valence-corrected chi connectivity index (χ4v) is 3.81. The molecule has 0 aliphatic carbocycles. The number of thiophene rings is 1. The van der Waals surface area contributed by atoms with E-state index >= 15 is 0 Å². The van der Waals surface area contributed by atoms with Gasteiger partial charge in [0.15, 0.2) is 0 Å². The number of hydrogen-bond donors (Lipinski definition) is 0. The van der Waals surface area contributed by atoms with Crippen LogP contribution in [0.5, 0.6) is 0 Å². The van der Waals surface area contributed by atoms with Crippen LogP contribution in [-0.4, -0.2) is 0 Å². The third kappa shape index (κ3) is 10.1. The average molecular weight is 309 g/mol. The van der Waals surface area contributed by atoms with Gasteiger partial charge < -0.3 is 0 Å². The van der Waals surface area contributed by atoms with Gasteiger partial charge in [0.1, 0.15) is 0 Å². The second-order valence-electron chi connectivity index (χ2n) is 7.44. The number of hydrogen-bond acceptors (Lipinski definition) is 1. The quantitative estimate of drug-likeness (QED) is 0.379. The first-order valence-corrected chi connectivity index (χ1v) is 9.98. The van der Waals surface area contributed by atoms with Crippen LogP contribution in [0.15, 0.2) is 17.5 Å². The lowest BCUT2D eigenvalue weighted by Gasteiger charge is -2.15. The molecule has 1 rings (SSSR count). The molecule has 0 bridgehead atoms. The van der Waals surface area contributed by atoms with Crippen molar-refractivity contribution >= 4 is 11.3 Å². The Morgan fingerprint density at radius 3 is 1.90 bits per heavy atom.